The number of nitrogens with zero attached hydrogens (tertiary/aromatic N) is 2. The summed E-state index contributed by atoms with van der Waals surface area (Å²) in [6, 6.07) is -0.0744. The highest BCUT2D eigenvalue weighted by atomic mass is 16.4. The minimum Gasteiger partial charge on any atom is -0.481 e. The Balaban J connectivity index is 2.39. The van der Waals surface area contributed by atoms with E-state index in [4.69, 9.17) is 10.2 Å². The van der Waals surface area contributed by atoms with Crippen molar-refractivity contribution in [2.24, 2.45) is 4.99 Å². The molecular formula is C7H12N2O3. The molecule has 0 aliphatic carbocycles. The molecule has 0 bridgehead atoms. The van der Waals surface area contributed by atoms with Crippen molar-refractivity contribution < 1.29 is 15.0 Å². The van der Waals surface area contributed by atoms with Crippen molar-refractivity contribution in [1.82, 2.24) is 4.90 Å². The number of carboxylic acids is 1. The second-order valence-electron chi connectivity index (χ2n) is 2.69. The van der Waals surface area contributed by atoms with Gasteiger partial charge in [0.25, 0.3) is 0 Å². The topological polar surface area (TPSA) is 73.1 Å². The molecule has 1 aliphatic heterocycles. The van der Waals surface area contributed by atoms with Gasteiger partial charge in [-0.1, -0.05) is 0 Å². The molecule has 1 unspecified atom stereocenters. The first-order valence-corrected chi connectivity index (χ1v) is 3.82. The zero-order valence-electron chi connectivity index (χ0n) is 6.68. The molecule has 0 saturated heterocycles. The summed E-state index contributed by atoms with van der Waals surface area (Å²) in [5.74, 6) is -0.826. The van der Waals surface area contributed by atoms with Gasteiger partial charge in [0, 0.05) is 6.54 Å². The molecule has 5 heteroatoms. The number of carboxylic acid groups (broad SMARTS) is 1. The summed E-state index contributed by atoms with van der Waals surface area (Å²) in [6.45, 7) is 1.01. The van der Waals surface area contributed by atoms with Crippen molar-refractivity contribution in [2.75, 3.05) is 19.7 Å². The molecule has 68 valence electrons. The fourth-order valence-corrected chi connectivity index (χ4v) is 1.21. The Kier molecular flexibility index (Phi) is 3.04. The summed E-state index contributed by atoms with van der Waals surface area (Å²) >= 11 is 0. The van der Waals surface area contributed by atoms with Gasteiger partial charge < -0.3 is 15.1 Å². The Labute approximate surface area is 70.3 Å². The summed E-state index contributed by atoms with van der Waals surface area (Å²) in [7, 11) is 0. The van der Waals surface area contributed by atoms with E-state index in [9.17, 15) is 4.79 Å². The number of carbonyl (C=O) groups is 1. The molecular weight excluding hydrogens is 160 g/mol. The van der Waals surface area contributed by atoms with Crippen molar-refractivity contribution in [3.63, 3.8) is 0 Å². The van der Waals surface area contributed by atoms with Crippen LogP contribution in [0.4, 0.5) is 0 Å². The van der Waals surface area contributed by atoms with Crippen molar-refractivity contribution >= 4 is 12.3 Å². The second-order valence-corrected chi connectivity index (χ2v) is 2.69. The smallest absolute Gasteiger partial charge is 0.305 e. The van der Waals surface area contributed by atoms with Gasteiger partial charge in [0.05, 0.1) is 32.0 Å². The first-order chi connectivity index (χ1) is 5.74. The van der Waals surface area contributed by atoms with Crippen LogP contribution in [-0.4, -0.2) is 53.2 Å². The number of aliphatic hydroxyl groups is 1. The van der Waals surface area contributed by atoms with Crippen LogP contribution in [0.5, 0.6) is 0 Å². The Morgan fingerprint density at radius 3 is 3.08 bits per heavy atom. The first kappa shape index (κ1) is 8.99. The molecule has 12 heavy (non-hydrogen) atoms. The molecule has 0 aromatic heterocycles. The van der Waals surface area contributed by atoms with Crippen LogP contribution in [0.25, 0.3) is 0 Å². The summed E-state index contributed by atoms with van der Waals surface area (Å²) < 4.78 is 0. The largest absolute Gasteiger partial charge is 0.481 e. The number of rotatable bonds is 4. The fraction of sp³-hybridized carbons (Fsp3) is 0.714. The molecule has 1 rings (SSSR count). The fourth-order valence-electron chi connectivity index (χ4n) is 1.21. The van der Waals surface area contributed by atoms with E-state index in [1.54, 1.807) is 11.2 Å². The highest BCUT2D eigenvalue weighted by molar-refractivity contribution is 5.69. The van der Waals surface area contributed by atoms with E-state index >= 15 is 0 Å². The number of aliphatic carboxylic acids is 1. The average molecular weight is 172 g/mol. The summed E-state index contributed by atoms with van der Waals surface area (Å²) in [6.07, 6.45) is 1.68. The van der Waals surface area contributed by atoms with Gasteiger partial charge in [-0.25, -0.2) is 0 Å². The second kappa shape index (κ2) is 4.06. The molecule has 0 fully saturated rings. The number of β-amino-alcohol motifs (C(OH)–C–C–N with tert-alkyl or cyclic N) is 1. The Bertz CT molecular complexity index is 193. The number of hydrogen-bond donors (Lipinski definition) is 2. The molecule has 0 aromatic carbocycles. The van der Waals surface area contributed by atoms with E-state index in [-0.39, 0.29) is 19.1 Å². The van der Waals surface area contributed by atoms with Crippen molar-refractivity contribution in [3.05, 3.63) is 0 Å². The molecule has 1 heterocycles. The van der Waals surface area contributed by atoms with Gasteiger partial charge in [-0.05, 0) is 0 Å². The van der Waals surface area contributed by atoms with Crippen LogP contribution in [0.15, 0.2) is 4.99 Å². The molecule has 0 spiro atoms. The van der Waals surface area contributed by atoms with E-state index in [0.717, 1.165) is 0 Å². The molecule has 0 radical (unpaired) electrons. The minimum atomic E-state index is -0.826. The molecule has 0 aromatic rings. The predicted octanol–water partition coefficient (Wildman–Crippen LogP) is -0.834. The summed E-state index contributed by atoms with van der Waals surface area (Å²) in [5, 5.41) is 17.1. The highest BCUT2D eigenvalue weighted by Gasteiger charge is 2.21. The minimum absolute atomic E-state index is 0.0299. The normalized spacial score (nSPS) is 21.8. The van der Waals surface area contributed by atoms with Gasteiger partial charge in [-0.15, -0.1) is 0 Å². The van der Waals surface area contributed by atoms with Crippen molar-refractivity contribution in [2.45, 2.75) is 12.5 Å². The SMILES string of the molecule is O=C(O)CC1CN=CN1CCO. The van der Waals surface area contributed by atoms with Crippen molar-refractivity contribution in [1.29, 1.82) is 0 Å². The lowest BCUT2D eigenvalue weighted by Gasteiger charge is -2.21. The van der Waals surface area contributed by atoms with E-state index in [2.05, 4.69) is 4.99 Å². The van der Waals surface area contributed by atoms with Crippen LogP contribution in [-0.2, 0) is 4.79 Å². The van der Waals surface area contributed by atoms with Crippen LogP contribution in [0.1, 0.15) is 6.42 Å². The van der Waals surface area contributed by atoms with Gasteiger partial charge in [-0.2, -0.15) is 0 Å². The monoisotopic (exact) mass is 172 g/mol. The molecule has 1 atom stereocenters. The maximum absolute atomic E-state index is 10.4. The number of hydrogen-bond acceptors (Lipinski definition) is 4. The molecule has 1 aliphatic rings. The zero-order valence-corrected chi connectivity index (χ0v) is 6.68. The van der Waals surface area contributed by atoms with Crippen LogP contribution in [0, 0.1) is 0 Å². The third-order valence-corrected chi connectivity index (χ3v) is 1.78. The van der Waals surface area contributed by atoms with E-state index in [1.807, 2.05) is 0 Å². The summed E-state index contributed by atoms with van der Waals surface area (Å²) in [5.41, 5.74) is 0. The Morgan fingerprint density at radius 1 is 1.75 bits per heavy atom. The van der Waals surface area contributed by atoms with Crippen LogP contribution < -0.4 is 0 Å². The molecule has 0 saturated carbocycles. The standard InChI is InChI=1S/C7H12N2O3/c10-2-1-9-5-8-4-6(9)3-7(11)12/h5-6,10H,1-4H2,(H,11,12). The lowest BCUT2D eigenvalue weighted by Crippen LogP contribution is -2.35. The highest BCUT2D eigenvalue weighted by Crippen LogP contribution is 2.08. The van der Waals surface area contributed by atoms with Gasteiger partial charge in [0.1, 0.15) is 0 Å². The maximum atomic E-state index is 10.4. The van der Waals surface area contributed by atoms with Crippen LogP contribution >= 0.6 is 0 Å². The molecule has 5 nitrogen and oxygen atoms in total. The Hall–Kier alpha value is -1.10. The van der Waals surface area contributed by atoms with E-state index in [1.165, 1.54) is 0 Å². The van der Waals surface area contributed by atoms with Crippen molar-refractivity contribution in [3.8, 4) is 0 Å². The third kappa shape index (κ3) is 2.20. The first-order valence-electron chi connectivity index (χ1n) is 3.82. The lowest BCUT2D eigenvalue weighted by molar-refractivity contribution is -0.137. The average Bonchev–Trinajstić information content (AvgIpc) is 2.37. The van der Waals surface area contributed by atoms with Crippen LogP contribution in [0.2, 0.25) is 0 Å². The zero-order chi connectivity index (χ0) is 8.97. The predicted molar refractivity (Wildman–Crippen MR) is 43.2 cm³/mol. The van der Waals surface area contributed by atoms with Gasteiger partial charge in [0.15, 0.2) is 0 Å². The lowest BCUT2D eigenvalue weighted by atomic mass is 10.2. The summed E-state index contributed by atoms with van der Waals surface area (Å²) in [4.78, 5) is 16.1. The number of aliphatic imine (C=N–C) groups is 1. The Morgan fingerprint density at radius 2 is 2.50 bits per heavy atom. The maximum Gasteiger partial charge on any atom is 0.305 e. The van der Waals surface area contributed by atoms with Gasteiger partial charge >= 0.3 is 5.97 Å². The van der Waals surface area contributed by atoms with Crippen LogP contribution in [0.3, 0.4) is 0 Å². The molecule has 2 N–H and O–H groups in total. The van der Waals surface area contributed by atoms with E-state index < -0.39 is 5.97 Å². The van der Waals surface area contributed by atoms with Gasteiger partial charge in [0.2, 0.25) is 0 Å². The third-order valence-electron chi connectivity index (χ3n) is 1.78. The van der Waals surface area contributed by atoms with E-state index in [0.29, 0.717) is 13.1 Å². The number of aliphatic hydroxyl groups excluding tert-OH is 1. The molecule has 0 amide bonds. The quantitative estimate of drug-likeness (QED) is 0.580. The van der Waals surface area contributed by atoms with Gasteiger partial charge in [-0.3, -0.25) is 9.79 Å².